The molecular formula is C10H10ClNO5. The summed E-state index contributed by atoms with van der Waals surface area (Å²) in [4.78, 5) is 34.2. The Balaban J connectivity index is 3.18. The smallest absolute Gasteiger partial charge is 0.340 e. The number of carbonyl (C=O) groups is 3. The van der Waals surface area contributed by atoms with E-state index in [0.29, 0.717) is 0 Å². The highest BCUT2D eigenvalue weighted by molar-refractivity contribution is 6.27. The van der Waals surface area contributed by atoms with Crippen molar-refractivity contribution in [3.8, 4) is 0 Å². The highest BCUT2D eigenvalue weighted by atomic mass is 35.5. The van der Waals surface area contributed by atoms with Crippen molar-refractivity contribution in [3.63, 3.8) is 0 Å². The maximum absolute atomic E-state index is 11.5. The zero-order chi connectivity index (χ0) is 13.0. The van der Waals surface area contributed by atoms with Crippen molar-refractivity contribution in [1.82, 2.24) is 5.32 Å². The fraction of sp³-hybridized carbons (Fsp3) is 0.300. The molecule has 17 heavy (non-hydrogen) atoms. The normalized spacial score (nSPS) is 17.1. The fourth-order valence-electron chi connectivity index (χ4n) is 1.34. The molecule has 0 unspecified atom stereocenters. The second-order valence-electron chi connectivity index (χ2n) is 3.07. The fourth-order valence-corrected chi connectivity index (χ4v) is 1.50. The minimum Gasteiger partial charge on any atom is -0.469 e. The van der Waals surface area contributed by atoms with Gasteiger partial charge in [0, 0.05) is 11.1 Å². The van der Waals surface area contributed by atoms with Crippen molar-refractivity contribution in [2.24, 2.45) is 0 Å². The van der Waals surface area contributed by atoms with E-state index in [1.807, 2.05) is 0 Å². The molecule has 0 atom stereocenters. The van der Waals surface area contributed by atoms with Crippen molar-refractivity contribution in [3.05, 3.63) is 22.4 Å². The molecule has 92 valence electrons. The highest BCUT2D eigenvalue weighted by Gasteiger charge is 2.33. The van der Waals surface area contributed by atoms with E-state index in [1.165, 1.54) is 14.2 Å². The lowest BCUT2D eigenvalue weighted by Gasteiger charge is -2.02. The third kappa shape index (κ3) is 2.65. The number of esters is 2. The summed E-state index contributed by atoms with van der Waals surface area (Å²) in [6, 6.07) is 0. The van der Waals surface area contributed by atoms with Gasteiger partial charge in [0.15, 0.2) is 0 Å². The number of hydrogen-bond acceptors (Lipinski definition) is 5. The molecule has 0 spiro atoms. The average Bonchev–Trinajstić information content (AvgIpc) is 2.65. The van der Waals surface area contributed by atoms with Crippen LogP contribution >= 0.6 is 11.6 Å². The number of ether oxygens (including phenoxy) is 2. The number of amides is 1. The zero-order valence-corrected chi connectivity index (χ0v) is 9.96. The Bertz CT molecular complexity index is 438. The van der Waals surface area contributed by atoms with E-state index in [0.717, 1.165) is 5.54 Å². The van der Waals surface area contributed by atoms with Crippen LogP contribution in [0.15, 0.2) is 22.4 Å². The standard InChI is InChI=1S/C10H10ClNO5/c1-16-7(13)3-5-8(10(15)17-2)6(4-11)12-9(5)14/h4H,3H2,1-2H3,(H,12,14). The number of halogens is 1. The van der Waals surface area contributed by atoms with Crippen LogP contribution in [0.4, 0.5) is 0 Å². The first-order valence-corrected chi connectivity index (χ1v) is 4.99. The summed E-state index contributed by atoms with van der Waals surface area (Å²) in [6.45, 7) is 0. The topological polar surface area (TPSA) is 81.7 Å². The largest absolute Gasteiger partial charge is 0.469 e. The molecule has 1 N–H and O–H groups in total. The molecule has 0 saturated heterocycles. The van der Waals surface area contributed by atoms with Crippen molar-refractivity contribution < 1.29 is 23.9 Å². The van der Waals surface area contributed by atoms with Gasteiger partial charge in [-0.15, -0.1) is 0 Å². The molecule has 6 nitrogen and oxygen atoms in total. The Hall–Kier alpha value is -1.82. The maximum atomic E-state index is 11.5. The summed E-state index contributed by atoms with van der Waals surface area (Å²) in [5, 5.41) is 2.36. The monoisotopic (exact) mass is 259 g/mol. The second kappa shape index (κ2) is 5.49. The third-order valence-electron chi connectivity index (χ3n) is 2.14. The summed E-state index contributed by atoms with van der Waals surface area (Å²) in [5.74, 6) is -1.94. The maximum Gasteiger partial charge on any atom is 0.340 e. The lowest BCUT2D eigenvalue weighted by Crippen LogP contribution is -2.17. The van der Waals surface area contributed by atoms with Gasteiger partial charge < -0.3 is 14.8 Å². The van der Waals surface area contributed by atoms with Crippen LogP contribution in [0.25, 0.3) is 0 Å². The van der Waals surface area contributed by atoms with Crippen LogP contribution in [0.5, 0.6) is 0 Å². The van der Waals surface area contributed by atoms with Gasteiger partial charge in [-0.25, -0.2) is 4.79 Å². The molecule has 0 aromatic carbocycles. The van der Waals surface area contributed by atoms with Gasteiger partial charge in [-0.2, -0.15) is 0 Å². The summed E-state index contributed by atoms with van der Waals surface area (Å²) in [6.07, 6.45) is -0.318. The first-order valence-electron chi connectivity index (χ1n) is 4.55. The molecule has 0 fully saturated rings. The first-order chi connectivity index (χ1) is 8.04. The van der Waals surface area contributed by atoms with Gasteiger partial charge in [0.05, 0.1) is 31.9 Å². The lowest BCUT2D eigenvalue weighted by atomic mass is 10.1. The van der Waals surface area contributed by atoms with E-state index in [4.69, 9.17) is 11.6 Å². The molecule has 7 heteroatoms. The Morgan fingerprint density at radius 2 is 2.00 bits per heavy atom. The van der Waals surface area contributed by atoms with Gasteiger partial charge >= 0.3 is 11.9 Å². The van der Waals surface area contributed by atoms with E-state index < -0.39 is 17.8 Å². The van der Waals surface area contributed by atoms with Gasteiger partial charge in [0.2, 0.25) is 0 Å². The number of rotatable bonds is 3. The van der Waals surface area contributed by atoms with Gasteiger partial charge in [0.1, 0.15) is 0 Å². The van der Waals surface area contributed by atoms with Crippen LogP contribution < -0.4 is 5.32 Å². The molecule has 1 aliphatic heterocycles. The zero-order valence-electron chi connectivity index (χ0n) is 9.20. The molecule has 0 bridgehead atoms. The molecule has 1 rings (SSSR count). The Kier molecular flexibility index (Phi) is 4.28. The third-order valence-corrected chi connectivity index (χ3v) is 2.36. The average molecular weight is 260 g/mol. The number of hydrogen-bond donors (Lipinski definition) is 1. The second-order valence-corrected chi connectivity index (χ2v) is 3.29. The van der Waals surface area contributed by atoms with Crippen LogP contribution in [0.3, 0.4) is 0 Å². The van der Waals surface area contributed by atoms with Crippen LogP contribution in [0.1, 0.15) is 6.42 Å². The predicted octanol–water partition coefficient (Wildman–Crippen LogP) is 0.229. The van der Waals surface area contributed by atoms with Crippen molar-refractivity contribution in [2.45, 2.75) is 6.42 Å². The summed E-state index contributed by atoms with van der Waals surface area (Å²) in [7, 11) is 2.35. The lowest BCUT2D eigenvalue weighted by molar-refractivity contribution is -0.140. The minimum absolute atomic E-state index is 0.0180. The van der Waals surface area contributed by atoms with Crippen molar-refractivity contribution in [2.75, 3.05) is 14.2 Å². The first kappa shape index (κ1) is 13.2. The van der Waals surface area contributed by atoms with Crippen molar-refractivity contribution in [1.29, 1.82) is 0 Å². The molecule has 0 saturated carbocycles. The van der Waals surface area contributed by atoms with Crippen LogP contribution in [-0.4, -0.2) is 32.1 Å². The number of nitrogens with one attached hydrogen (secondary N) is 1. The molecule has 0 aromatic heterocycles. The summed E-state index contributed by atoms with van der Waals surface area (Å²) < 4.78 is 8.95. The van der Waals surface area contributed by atoms with E-state index in [9.17, 15) is 14.4 Å². The van der Waals surface area contributed by atoms with Crippen LogP contribution in [0, 0.1) is 0 Å². The minimum atomic E-state index is -0.742. The summed E-state index contributed by atoms with van der Waals surface area (Å²) in [5.41, 5.74) is 1.09. The van der Waals surface area contributed by atoms with Crippen LogP contribution in [-0.2, 0) is 23.9 Å². The molecular weight excluding hydrogens is 250 g/mol. The van der Waals surface area contributed by atoms with Gasteiger partial charge in [0.25, 0.3) is 5.91 Å². The van der Waals surface area contributed by atoms with Gasteiger partial charge in [-0.05, 0) is 0 Å². The van der Waals surface area contributed by atoms with Crippen LogP contribution in [0.2, 0.25) is 0 Å². The number of methoxy groups -OCH3 is 2. The number of carbonyl (C=O) groups excluding carboxylic acids is 3. The van der Waals surface area contributed by atoms with E-state index >= 15 is 0 Å². The molecule has 0 aromatic rings. The molecule has 1 heterocycles. The Morgan fingerprint density at radius 1 is 1.35 bits per heavy atom. The summed E-state index contributed by atoms with van der Waals surface area (Å²) >= 11 is 5.47. The van der Waals surface area contributed by atoms with E-state index in [2.05, 4.69) is 14.8 Å². The predicted molar refractivity (Wildman–Crippen MR) is 57.8 cm³/mol. The Morgan fingerprint density at radius 3 is 2.47 bits per heavy atom. The highest BCUT2D eigenvalue weighted by Crippen LogP contribution is 2.25. The van der Waals surface area contributed by atoms with E-state index in [-0.39, 0.29) is 23.3 Å². The Labute approximate surface area is 102 Å². The molecule has 1 amide bonds. The molecule has 0 aliphatic carbocycles. The molecule has 1 aliphatic rings. The van der Waals surface area contributed by atoms with Gasteiger partial charge in [-0.3, -0.25) is 9.59 Å². The molecule has 0 radical (unpaired) electrons. The van der Waals surface area contributed by atoms with E-state index in [1.54, 1.807) is 0 Å². The SMILES string of the molecule is COC(=O)CC1=C(C(=O)OC)C(=CCl)NC1=O. The van der Waals surface area contributed by atoms with Crippen molar-refractivity contribution >= 4 is 29.4 Å². The quantitative estimate of drug-likeness (QED) is 0.734. The van der Waals surface area contributed by atoms with Gasteiger partial charge in [-0.1, -0.05) is 11.6 Å².